The number of hydrogen-bond acceptors (Lipinski definition) is 6. The molecule has 7 nitrogen and oxygen atoms in total. The Morgan fingerprint density at radius 2 is 1.88 bits per heavy atom. The van der Waals surface area contributed by atoms with Gasteiger partial charge in [-0.05, 0) is 42.9 Å². The number of thiazole rings is 1. The monoisotopic (exact) mass is 462 g/mol. The van der Waals surface area contributed by atoms with Crippen LogP contribution in [0.2, 0.25) is 0 Å². The van der Waals surface area contributed by atoms with Crippen LogP contribution in [0.15, 0.2) is 66.7 Å². The van der Waals surface area contributed by atoms with Gasteiger partial charge in [-0.25, -0.2) is 4.98 Å². The Morgan fingerprint density at radius 3 is 2.59 bits per heavy atom. The molecule has 3 aromatic carbocycles. The lowest BCUT2D eigenvalue weighted by Gasteiger charge is -2.10. The molecule has 0 aliphatic rings. The summed E-state index contributed by atoms with van der Waals surface area (Å²) in [6, 6.07) is 20.3. The maximum atomic E-state index is 12.4. The third kappa shape index (κ3) is 4.79. The minimum absolute atomic E-state index is 0.107. The Kier molecular flexibility index (Phi) is 6.20. The van der Waals surface area contributed by atoms with Crippen LogP contribution in [-0.2, 0) is 6.54 Å². The van der Waals surface area contributed by atoms with Gasteiger partial charge in [0.05, 0.1) is 15.1 Å². The predicted octanol–water partition coefficient (Wildman–Crippen LogP) is 4.98. The van der Waals surface area contributed by atoms with E-state index in [-0.39, 0.29) is 16.4 Å². The molecular formula is C23H18N4O3S2. The van der Waals surface area contributed by atoms with Crippen LogP contribution in [0, 0.1) is 17.0 Å². The molecule has 0 atom stereocenters. The van der Waals surface area contributed by atoms with Crippen molar-refractivity contribution in [3.63, 3.8) is 0 Å². The van der Waals surface area contributed by atoms with E-state index >= 15 is 0 Å². The van der Waals surface area contributed by atoms with E-state index in [0.717, 1.165) is 26.4 Å². The molecule has 0 spiro atoms. The van der Waals surface area contributed by atoms with Gasteiger partial charge in [-0.2, -0.15) is 0 Å². The topological polar surface area (TPSA) is 97.2 Å². The van der Waals surface area contributed by atoms with E-state index in [2.05, 4.69) is 21.7 Å². The van der Waals surface area contributed by atoms with Crippen LogP contribution in [-0.4, -0.2) is 20.9 Å². The van der Waals surface area contributed by atoms with Crippen molar-refractivity contribution >= 4 is 50.5 Å². The summed E-state index contributed by atoms with van der Waals surface area (Å²) in [5, 5.41) is 17.7. The Morgan fingerprint density at radius 1 is 1.12 bits per heavy atom. The van der Waals surface area contributed by atoms with E-state index in [1.807, 2.05) is 42.5 Å². The zero-order valence-corrected chi connectivity index (χ0v) is 18.6. The average Bonchev–Trinajstić information content (AvgIpc) is 3.22. The second-order valence-corrected chi connectivity index (χ2v) is 8.52. The normalized spacial score (nSPS) is 10.7. The number of hydrogen-bond donors (Lipinski definition) is 2. The van der Waals surface area contributed by atoms with Crippen molar-refractivity contribution in [3.8, 4) is 10.6 Å². The third-order valence-electron chi connectivity index (χ3n) is 4.84. The minimum atomic E-state index is -0.513. The van der Waals surface area contributed by atoms with Gasteiger partial charge >= 0.3 is 0 Å². The Bertz CT molecular complexity index is 1300. The Hall–Kier alpha value is -3.69. The fourth-order valence-corrected chi connectivity index (χ4v) is 4.25. The third-order valence-corrected chi connectivity index (χ3v) is 6.17. The summed E-state index contributed by atoms with van der Waals surface area (Å²) in [7, 11) is 0. The molecule has 0 fully saturated rings. The van der Waals surface area contributed by atoms with E-state index in [9.17, 15) is 14.9 Å². The quantitative estimate of drug-likeness (QED) is 0.247. The SMILES string of the molecule is Cc1ccc(C(=O)NC(=S)NCc2ccc(-c3nc4ccccc4s3)cc2)cc1[N+](=O)[O-]. The summed E-state index contributed by atoms with van der Waals surface area (Å²) < 4.78 is 1.15. The number of para-hydroxylation sites is 1. The molecule has 9 heteroatoms. The number of thiocarbonyl (C=S) groups is 1. The summed E-state index contributed by atoms with van der Waals surface area (Å²) in [6.45, 7) is 2.04. The molecular weight excluding hydrogens is 444 g/mol. The number of nitro benzene ring substituents is 1. The lowest BCUT2D eigenvalue weighted by Crippen LogP contribution is -2.38. The van der Waals surface area contributed by atoms with Gasteiger partial charge < -0.3 is 5.32 Å². The largest absolute Gasteiger partial charge is 0.358 e. The first-order chi connectivity index (χ1) is 15.4. The van der Waals surface area contributed by atoms with Gasteiger partial charge in [0.1, 0.15) is 5.01 Å². The molecule has 0 saturated heterocycles. The van der Waals surface area contributed by atoms with Crippen LogP contribution in [0.4, 0.5) is 5.69 Å². The van der Waals surface area contributed by atoms with Crippen molar-refractivity contribution < 1.29 is 9.72 Å². The number of nitrogens with zero attached hydrogens (tertiary/aromatic N) is 2. The summed E-state index contributed by atoms with van der Waals surface area (Å²) in [4.78, 5) is 27.6. The maximum Gasteiger partial charge on any atom is 0.273 e. The number of nitro groups is 1. The second kappa shape index (κ2) is 9.21. The Labute approximate surface area is 193 Å². The van der Waals surface area contributed by atoms with Gasteiger partial charge in [-0.3, -0.25) is 20.2 Å². The molecule has 1 aromatic heterocycles. The predicted molar refractivity (Wildman–Crippen MR) is 130 cm³/mol. The van der Waals surface area contributed by atoms with E-state index in [1.54, 1.807) is 18.3 Å². The van der Waals surface area contributed by atoms with Crippen LogP contribution in [0.1, 0.15) is 21.5 Å². The molecule has 1 heterocycles. The molecule has 4 aromatic rings. The molecule has 160 valence electrons. The highest BCUT2D eigenvalue weighted by atomic mass is 32.1. The number of carbonyl (C=O) groups is 1. The van der Waals surface area contributed by atoms with Crippen LogP contribution in [0.3, 0.4) is 0 Å². The average molecular weight is 463 g/mol. The maximum absolute atomic E-state index is 12.4. The first kappa shape index (κ1) is 21.5. The lowest BCUT2D eigenvalue weighted by molar-refractivity contribution is -0.385. The van der Waals surface area contributed by atoms with Crippen molar-refractivity contribution in [2.75, 3.05) is 0 Å². The molecule has 4 rings (SSSR count). The Balaban J connectivity index is 1.35. The summed E-state index contributed by atoms with van der Waals surface area (Å²) in [5.74, 6) is -0.503. The molecule has 32 heavy (non-hydrogen) atoms. The molecule has 1 amide bonds. The van der Waals surface area contributed by atoms with Gasteiger partial charge in [0.25, 0.3) is 11.6 Å². The fraction of sp³-hybridized carbons (Fsp3) is 0.0870. The van der Waals surface area contributed by atoms with Gasteiger partial charge in [0, 0.05) is 29.3 Å². The first-order valence-electron chi connectivity index (χ1n) is 9.70. The second-order valence-electron chi connectivity index (χ2n) is 7.08. The van der Waals surface area contributed by atoms with Crippen molar-refractivity contribution in [2.45, 2.75) is 13.5 Å². The van der Waals surface area contributed by atoms with Gasteiger partial charge in [0.2, 0.25) is 0 Å². The molecule has 0 saturated carbocycles. The number of rotatable bonds is 5. The van der Waals surface area contributed by atoms with E-state index < -0.39 is 10.8 Å². The number of amides is 1. The highest BCUT2D eigenvalue weighted by Crippen LogP contribution is 2.30. The van der Waals surface area contributed by atoms with Crippen LogP contribution in [0.5, 0.6) is 0 Å². The summed E-state index contributed by atoms with van der Waals surface area (Å²) >= 11 is 6.84. The highest BCUT2D eigenvalue weighted by Gasteiger charge is 2.15. The smallest absolute Gasteiger partial charge is 0.273 e. The fourth-order valence-electron chi connectivity index (χ4n) is 3.11. The van der Waals surface area contributed by atoms with Crippen molar-refractivity contribution in [2.24, 2.45) is 0 Å². The van der Waals surface area contributed by atoms with E-state index in [1.165, 1.54) is 18.2 Å². The number of nitrogens with one attached hydrogen (secondary N) is 2. The lowest BCUT2D eigenvalue weighted by atomic mass is 10.1. The van der Waals surface area contributed by atoms with Crippen LogP contribution in [0.25, 0.3) is 20.8 Å². The van der Waals surface area contributed by atoms with E-state index in [0.29, 0.717) is 12.1 Å². The van der Waals surface area contributed by atoms with Crippen molar-refractivity contribution in [3.05, 3.63) is 93.5 Å². The van der Waals surface area contributed by atoms with E-state index in [4.69, 9.17) is 12.2 Å². The molecule has 2 N–H and O–H groups in total. The number of benzene rings is 3. The van der Waals surface area contributed by atoms with Crippen molar-refractivity contribution in [1.82, 2.24) is 15.6 Å². The van der Waals surface area contributed by atoms with Crippen molar-refractivity contribution in [1.29, 1.82) is 0 Å². The zero-order valence-electron chi connectivity index (χ0n) is 17.0. The van der Waals surface area contributed by atoms with Gasteiger partial charge in [-0.1, -0.05) is 42.5 Å². The number of carbonyl (C=O) groups excluding carboxylic acids is 1. The molecule has 0 aliphatic carbocycles. The standard InChI is InChI=1S/C23H18N4O3S2/c1-14-6-9-17(12-19(14)27(29)30)21(28)26-23(31)24-13-15-7-10-16(11-8-15)22-25-18-4-2-3-5-20(18)32-22/h2-12H,13H2,1H3,(H2,24,26,28,31). The number of aryl methyl sites for hydroxylation is 1. The molecule has 0 unspecified atom stereocenters. The molecule has 0 bridgehead atoms. The minimum Gasteiger partial charge on any atom is -0.358 e. The zero-order chi connectivity index (χ0) is 22.7. The van der Waals surface area contributed by atoms with Crippen LogP contribution < -0.4 is 10.6 Å². The number of fused-ring (bicyclic) bond motifs is 1. The van der Waals surface area contributed by atoms with Crippen LogP contribution >= 0.6 is 23.6 Å². The molecule has 0 radical (unpaired) electrons. The molecule has 0 aliphatic heterocycles. The summed E-state index contributed by atoms with van der Waals surface area (Å²) in [5.41, 5.74) is 3.56. The number of aromatic nitrogens is 1. The summed E-state index contributed by atoms with van der Waals surface area (Å²) in [6.07, 6.45) is 0. The first-order valence-corrected chi connectivity index (χ1v) is 10.9. The van der Waals surface area contributed by atoms with Gasteiger partial charge in [-0.15, -0.1) is 11.3 Å². The van der Waals surface area contributed by atoms with Gasteiger partial charge in [0.15, 0.2) is 5.11 Å². The highest BCUT2D eigenvalue weighted by molar-refractivity contribution is 7.80.